The van der Waals surface area contributed by atoms with Gasteiger partial charge in [-0.3, -0.25) is 0 Å². The molecule has 0 fully saturated rings. The Kier molecular flexibility index (Phi) is 2.48. The number of thioether (sulfide) groups is 1. The number of nitrogens with zero attached hydrogens (tertiary/aromatic N) is 1. The maximum Gasteiger partial charge on any atom is 0.103 e. The first-order chi connectivity index (χ1) is 7.83. The van der Waals surface area contributed by atoms with Gasteiger partial charge in [-0.25, -0.2) is 4.98 Å². The molecule has 2 nitrogen and oxygen atoms in total. The third-order valence-corrected chi connectivity index (χ3v) is 4.12. The van der Waals surface area contributed by atoms with E-state index in [1.54, 1.807) is 0 Å². The van der Waals surface area contributed by atoms with E-state index in [-0.39, 0.29) is 0 Å². The number of H-pyrrole nitrogens is 1. The first-order valence-electron chi connectivity index (χ1n) is 5.60. The van der Waals surface area contributed by atoms with Gasteiger partial charge in [0.1, 0.15) is 5.82 Å². The highest BCUT2D eigenvalue weighted by molar-refractivity contribution is 7.99. The summed E-state index contributed by atoms with van der Waals surface area (Å²) in [5, 5.41) is 0. The zero-order valence-electron chi connectivity index (χ0n) is 9.29. The first kappa shape index (κ1) is 9.97. The smallest absolute Gasteiger partial charge is 0.103 e. The lowest BCUT2D eigenvalue weighted by atomic mass is 10.0. The maximum absolute atomic E-state index is 4.24. The fourth-order valence-electron chi connectivity index (χ4n) is 2.10. The van der Waals surface area contributed by atoms with E-state index in [0.29, 0.717) is 0 Å². The first-order valence-corrected chi connectivity index (χ1v) is 6.59. The van der Waals surface area contributed by atoms with Gasteiger partial charge in [0.2, 0.25) is 0 Å². The Morgan fingerprint density at radius 1 is 1.38 bits per heavy atom. The van der Waals surface area contributed by atoms with Crippen LogP contribution in [0.15, 0.2) is 29.3 Å². The summed E-state index contributed by atoms with van der Waals surface area (Å²) in [5.41, 5.74) is 3.86. The topological polar surface area (TPSA) is 28.7 Å². The van der Waals surface area contributed by atoms with Crippen molar-refractivity contribution in [1.29, 1.82) is 0 Å². The predicted molar refractivity (Wildman–Crippen MR) is 67.8 cm³/mol. The van der Waals surface area contributed by atoms with Crippen LogP contribution >= 0.6 is 11.8 Å². The van der Waals surface area contributed by atoms with Crippen molar-refractivity contribution >= 4 is 11.8 Å². The van der Waals surface area contributed by atoms with E-state index >= 15 is 0 Å². The highest BCUT2D eigenvalue weighted by Crippen LogP contribution is 2.32. The SMILES string of the molecule is Cc1ncc(-c2ccc3c(c2)CCCS3)[nH]1. The van der Waals surface area contributed by atoms with Gasteiger partial charge < -0.3 is 4.98 Å². The monoisotopic (exact) mass is 230 g/mol. The van der Waals surface area contributed by atoms with Crippen LogP contribution in [0.3, 0.4) is 0 Å². The summed E-state index contributed by atoms with van der Waals surface area (Å²) >= 11 is 1.97. The van der Waals surface area contributed by atoms with Gasteiger partial charge in [0.25, 0.3) is 0 Å². The zero-order valence-corrected chi connectivity index (χ0v) is 10.1. The largest absolute Gasteiger partial charge is 0.342 e. The van der Waals surface area contributed by atoms with Crippen LogP contribution in [-0.4, -0.2) is 15.7 Å². The van der Waals surface area contributed by atoms with E-state index < -0.39 is 0 Å². The van der Waals surface area contributed by atoms with Crippen LogP contribution in [0.4, 0.5) is 0 Å². The van der Waals surface area contributed by atoms with Crippen LogP contribution in [-0.2, 0) is 6.42 Å². The summed E-state index contributed by atoms with van der Waals surface area (Å²) in [6.45, 7) is 1.98. The summed E-state index contributed by atoms with van der Waals surface area (Å²) in [4.78, 5) is 8.98. The fraction of sp³-hybridized carbons (Fsp3) is 0.308. The van der Waals surface area contributed by atoms with Gasteiger partial charge >= 0.3 is 0 Å². The number of hydrogen-bond donors (Lipinski definition) is 1. The van der Waals surface area contributed by atoms with Gasteiger partial charge in [0.15, 0.2) is 0 Å². The lowest BCUT2D eigenvalue weighted by molar-refractivity contribution is 0.890. The van der Waals surface area contributed by atoms with E-state index in [1.165, 1.54) is 34.6 Å². The average Bonchev–Trinajstić information content (AvgIpc) is 2.75. The highest BCUT2D eigenvalue weighted by atomic mass is 32.2. The number of aryl methyl sites for hydroxylation is 2. The second-order valence-electron chi connectivity index (χ2n) is 4.16. The van der Waals surface area contributed by atoms with Gasteiger partial charge in [-0.1, -0.05) is 6.07 Å². The van der Waals surface area contributed by atoms with Crippen molar-refractivity contribution < 1.29 is 0 Å². The molecule has 0 aliphatic carbocycles. The molecule has 1 aromatic heterocycles. The van der Waals surface area contributed by atoms with Crippen LogP contribution in [0, 0.1) is 6.92 Å². The fourth-order valence-corrected chi connectivity index (χ4v) is 3.11. The number of aromatic nitrogens is 2. The molecule has 16 heavy (non-hydrogen) atoms. The molecule has 3 heteroatoms. The van der Waals surface area contributed by atoms with Crippen LogP contribution in [0.5, 0.6) is 0 Å². The number of benzene rings is 1. The summed E-state index contributed by atoms with van der Waals surface area (Å²) < 4.78 is 0. The molecule has 1 aromatic carbocycles. The minimum absolute atomic E-state index is 0.974. The molecule has 0 spiro atoms. The Morgan fingerprint density at radius 2 is 2.31 bits per heavy atom. The third-order valence-electron chi connectivity index (χ3n) is 2.92. The van der Waals surface area contributed by atoms with Crippen molar-refractivity contribution in [3.8, 4) is 11.3 Å². The summed E-state index contributed by atoms with van der Waals surface area (Å²) in [6.07, 6.45) is 4.42. The third kappa shape index (κ3) is 1.76. The molecule has 0 saturated carbocycles. The number of hydrogen-bond acceptors (Lipinski definition) is 2. The Bertz CT molecular complexity index is 516. The molecule has 1 aliphatic rings. The molecule has 82 valence electrons. The zero-order chi connectivity index (χ0) is 11.0. The molecule has 3 rings (SSSR count). The molecule has 1 N–H and O–H groups in total. The van der Waals surface area contributed by atoms with E-state index in [9.17, 15) is 0 Å². The Hall–Kier alpha value is -1.22. The molecule has 0 saturated heterocycles. The number of aromatic amines is 1. The lowest BCUT2D eigenvalue weighted by Crippen LogP contribution is -1.98. The van der Waals surface area contributed by atoms with E-state index in [4.69, 9.17) is 0 Å². The van der Waals surface area contributed by atoms with Gasteiger partial charge in [-0.2, -0.15) is 0 Å². The second kappa shape index (κ2) is 3.98. The minimum Gasteiger partial charge on any atom is -0.342 e. The molecule has 0 bridgehead atoms. The predicted octanol–water partition coefficient (Wildman–Crippen LogP) is 3.42. The van der Waals surface area contributed by atoms with Crippen LogP contribution in [0.2, 0.25) is 0 Å². The van der Waals surface area contributed by atoms with Crippen molar-refractivity contribution in [3.05, 3.63) is 35.8 Å². The molecular formula is C13H14N2S. The summed E-state index contributed by atoms with van der Waals surface area (Å²) in [6, 6.07) is 6.73. The molecule has 0 amide bonds. The molecule has 1 aliphatic heterocycles. The number of imidazole rings is 1. The highest BCUT2D eigenvalue weighted by Gasteiger charge is 2.11. The Morgan fingerprint density at radius 3 is 3.12 bits per heavy atom. The van der Waals surface area contributed by atoms with Gasteiger partial charge in [-0.15, -0.1) is 11.8 Å². The van der Waals surface area contributed by atoms with Crippen molar-refractivity contribution in [2.75, 3.05) is 5.75 Å². The van der Waals surface area contributed by atoms with E-state index in [1.807, 2.05) is 24.9 Å². The number of rotatable bonds is 1. The molecule has 0 unspecified atom stereocenters. The van der Waals surface area contributed by atoms with Crippen LogP contribution < -0.4 is 0 Å². The Balaban J connectivity index is 2.02. The van der Waals surface area contributed by atoms with E-state index in [2.05, 4.69) is 28.2 Å². The molecule has 0 atom stereocenters. The molecule has 2 aromatic rings. The molecule has 2 heterocycles. The van der Waals surface area contributed by atoms with Crippen LogP contribution in [0.25, 0.3) is 11.3 Å². The minimum atomic E-state index is 0.974. The summed E-state index contributed by atoms with van der Waals surface area (Å²) in [7, 11) is 0. The van der Waals surface area contributed by atoms with Gasteiger partial charge in [0.05, 0.1) is 11.9 Å². The maximum atomic E-state index is 4.24. The quantitative estimate of drug-likeness (QED) is 0.813. The second-order valence-corrected chi connectivity index (χ2v) is 5.29. The van der Waals surface area contributed by atoms with Crippen molar-refractivity contribution in [2.24, 2.45) is 0 Å². The Labute approximate surface area is 99.5 Å². The average molecular weight is 230 g/mol. The standard InChI is InChI=1S/C13H14N2S/c1-9-14-8-12(15-9)10-4-5-13-11(7-10)3-2-6-16-13/h4-5,7-8H,2-3,6H2,1H3,(H,14,15). The molecule has 0 radical (unpaired) electrons. The van der Waals surface area contributed by atoms with Gasteiger partial charge in [0, 0.05) is 4.90 Å². The number of nitrogens with one attached hydrogen (secondary N) is 1. The lowest BCUT2D eigenvalue weighted by Gasteiger charge is -2.15. The van der Waals surface area contributed by atoms with Crippen molar-refractivity contribution in [3.63, 3.8) is 0 Å². The van der Waals surface area contributed by atoms with Gasteiger partial charge in [-0.05, 0) is 48.8 Å². The van der Waals surface area contributed by atoms with Crippen molar-refractivity contribution in [2.45, 2.75) is 24.7 Å². The van der Waals surface area contributed by atoms with Crippen LogP contribution in [0.1, 0.15) is 17.8 Å². The summed E-state index contributed by atoms with van der Waals surface area (Å²) in [5.74, 6) is 2.23. The normalized spacial score (nSPS) is 14.8. The van der Waals surface area contributed by atoms with Crippen molar-refractivity contribution in [1.82, 2.24) is 9.97 Å². The number of fused-ring (bicyclic) bond motifs is 1. The van der Waals surface area contributed by atoms with E-state index in [0.717, 1.165) is 11.5 Å². The molecular weight excluding hydrogens is 216 g/mol.